The summed E-state index contributed by atoms with van der Waals surface area (Å²) < 4.78 is 21.9. The molecule has 4 N–H and O–H groups in total. The molecule has 21 rings (SSSR count). The van der Waals surface area contributed by atoms with Crippen molar-refractivity contribution in [1.29, 1.82) is 0 Å². The number of aromatic nitrogens is 9. The van der Waals surface area contributed by atoms with E-state index in [9.17, 15) is 39.6 Å². The van der Waals surface area contributed by atoms with E-state index in [1.54, 1.807) is 51.2 Å². The highest BCUT2D eigenvalue weighted by molar-refractivity contribution is 5.85. The number of rotatable bonds is 18. The van der Waals surface area contributed by atoms with Crippen LogP contribution in [0.2, 0.25) is 0 Å². The number of ether oxygens (including phenoxy) is 3. The SMILES string of the molecule is COC[C@@]1(O)CC[C@@]2(C)[C@@H](CC[C@@H]3[C@@H]2CC[C@]2(C)[C@@H](C(=O)Cn4cc5ccc(C)cc5n4)CC[C@@H]32)C1.COC[C@@]1(O)CC[C@@]2(C)[C@@H](CC[C@@H]3[C@@H]2CC[C@]2(C)[C@@H](C(=O)Cn4cnc(C)c4)CC[C@@H]32)C1.COC[C@@]1(O)CC[C@@]2(C)[C@@H](CC[C@@H]3[C@@H]2CC[C@]2(C)[C@H](C(=O)Cn4cnc(C)c4)CC[C@@H]32)C1.C[C@@]1(O)CC[C@@]2(C)[C@@H](CC[C@@H]3[C@@H]2CC[C@]2(C)[C@@H](C(=O)Cn4nccn4)CC[C@@H]32)C1. The minimum atomic E-state index is -0.643. The number of aryl methyl sites for hydroxylation is 3. The van der Waals surface area contributed by atoms with E-state index in [2.05, 4.69) is 101 Å². The van der Waals surface area contributed by atoms with Crippen molar-refractivity contribution in [2.24, 2.45) is 162 Å². The van der Waals surface area contributed by atoms with E-state index < -0.39 is 22.4 Å². The highest BCUT2D eigenvalue weighted by atomic mass is 16.5. The Morgan fingerprint density at radius 3 is 1.03 bits per heavy atom. The fourth-order valence-corrected chi connectivity index (χ4v) is 36.5. The number of aliphatic hydroxyl groups is 4. The molecule has 0 aliphatic heterocycles. The van der Waals surface area contributed by atoms with Gasteiger partial charge < -0.3 is 43.8 Å². The predicted molar refractivity (Wildman–Crippen MR) is 500 cm³/mol. The molecule has 1 aromatic carbocycles. The maximum absolute atomic E-state index is 13.7. The van der Waals surface area contributed by atoms with E-state index in [1.807, 2.05) is 53.2 Å². The van der Waals surface area contributed by atoms with Crippen molar-refractivity contribution in [2.75, 3.05) is 41.2 Å². The Kier molecular flexibility index (Phi) is 25.8. The van der Waals surface area contributed by atoms with Crippen LogP contribution in [0.3, 0.4) is 0 Å². The number of hydrogen-bond donors (Lipinski definition) is 4. The van der Waals surface area contributed by atoms with Crippen LogP contribution in [0, 0.1) is 182 Å². The summed E-state index contributed by atoms with van der Waals surface area (Å²) in [6, 6.07) is 6.31. The molecule has 16 aliphatic carbocycles. The number of carbonyl (C=O) groups excluding carboxylic acids is 4. The second-order valence-electron chi connectivity index (χ2n) is 49.8. The summed E-state index contributed by atoms with van der Waals surface area (Å²) in [5, 5.41) is 58.0. The second-order valence-corrected chi connectivity index (χ2v) is 49.8. The van der Waals surface area contributed by atoms with Crippen LogP contribution in [0.15, 0.2) is 61.8 Å². The van der Waals surface area contributed by atoms with Gasteiger partial charge in [-0.3, -0.25) is 23.9 Å². The molecule has 16 saturated carbocycles. The number of benzene rings is 1. The first-order valence-corrected chi connectivity index (χ1v) is 52.0. The van der Waals surface area contributed by atoms with Gasteiger partial charge >= 0.3 is 0 Å². The van der Waals surface area contributed by atoms with E-state index in [-0.39, 0.29) is 45.3 Å². The van der Waals surface area contributed by atoms with Gasteiger partial charge in [0.25, 0.3) is 0 Å². The lowest BCUT2D eigenvalue weighted by molar-refractivity contribution is -0.164. The van der Waals surface area contributed by atoms with Gasteiger partial charge in [-0.15, -0.1) is 0 Å². The van der Waals surface area contributed by atoms with E-state index in [1.165, 1.54) is 140 Å². The zero-order valence-electron chi connectivity index (χ0n) is 81.9. The molecular weight excluding hydrogens is 1610 g/mol. The zero-order valence-corrected chi connectivity index (χ0v) is 81.9. The lowest BCUT2D eigenvalue weighted by Crippen LogP contribution is -2.56. The Hall–Kier alpha value is -5.35. The molecule has 0 amide bonds. The summed E-state index contributed by atoms with van der Waals surface area (Å²) >= 11 is 0. The normalized spacial score (nSPS) is 45.5. The van der Waals surface area contributed by atoms with Crippen LogP contribution in [-0.2, 0) is 59.6 Å². The predicted octanol–water partition coefficient (Wildman–Crippen LogP) is 19.8. The molecular formula is C109H165N9O11. The molecule has 16 fully saturated rings. The third-order valence-electron chi connectivity index (χ3n) is 43.2. The standard InChI is InChI=1S/C31H44N2O3.2C27H42N2O3.C24H37N3O2/c1-20-5-6-21-17-33(32-27(21)15-20)18-28(34)26-10-9-24-23-8-7-22-16-31(35,19-36-4)14-13-29(22,2)25(23)11-12-30(24,26)3;2*1-18-14-29(17-28-18)15-24(30)23-8-7-21-20-6-5-19-13-27(31,16-32-4)12-11-25(19,2)22(20)9-10-26(21,23)3;1-22(29)10-11-23(2)16(14-22)4-5-17-18-6-7-20(24(18,3)9-8-19(17)23)21(28)15-27-25-12-13-26-27/h5-6,15,17,22-26,35H,7-14,16,18-19H2,1-4H3;2*14,17,19-23,31H,5-13,15-16H2,1-4H3;12-13,16-20,29H,4-11,14-15H2,1-3H3/t22-,23-,24-,25-,26+,29-,30-,31+;19-,20-,21-,22-,23+,25-,26-,27+;19-,20-,21-,22-,23-,25-,26-,27+;16-,17-,18-,19-,20+,22+,23-,24-/m0000/s1. The maximum atomic E-state index is 13.7. The summed E-state index contributed by atoms with van der Waals surface area (Å²) in [4.78, 5) is 63.8. The van der Waals surface area contributed by atoms with Gasteiger partial charge in [0.2, 0.25) is 0 Å². The first-order chi connectivity index (χ1) is 61.2. The van der Waals surface area contributed by atoms with E-state index >= 15 is 0 Å². The van der Waals surface area contributed by atoms with Gasteiger partial charge in [-0.2, -0.15) is 20.1 Å². The number of fused-ring (bicyclic) bond motifs is 21. The molecule has 129 heavy (non-hydrogen) atoms. The Balaban J connectivity index is 0.000000116. The average molecular weight is 1780 g/mol. The Labute approximate surface area is 771 Å². The smallest absolute Gasteiger partial charge is 0.159 e. The molecule has 20 heteroatoms. The van der Waals surface area contributed by atoms with Crippen molar-refractivity contribution in [3.8, 4) is 0 Å². The first kappa shape index (κ1) is 94.0. The Bertz CT molecular complexity index is 4700. The third kappa shape index (κ3) is 16.9. The van der Waals surface area contributed by atoms with Crippen LogP contribution in [0.4, 0.5) is 0 Å². The van der Waals surface area contributed by atoms with Gasteiger partial charge in [0, 0.05) is 69.0 Å². The fraction of sp³-hybridized carbons (Fsp3) is 0.826. The number of Topliss-reactive ketones (excluding diaryl/α,β-unsaturated/α-hetero) is 4. The van der Waals surface area contributed by atoms with Crippen molar-refractivity contribution >= 4 is 34.0 Å². The molecule has 20 nitrogen and oxygen atoms in total. The molecule has 0 saturated heterocycles. The Morgan fingerprint density at radius 1 is 0.364 bits per heavy atom. The quantitative estimate of drug-likeness (QED) is 0.0635. The van der Waals surface area contributed by atoms with Gasteiger partial charge in [0.15, 0.2) is 23.1 Å². The number of ketones is 4. The van der Waals surface area contributed by atoms with E-state index in [4.69, 9.17) is 19.3 Å². The number of carbonyl (C=O) groups is 4. The number of hydrogen-bond acceptors (Lipinski definition) is 16. The number of methoxy groups -OCH3 is 3. The minimum Gasteiger partial charge on any atom is -0.390 e. The van der Waals surface area contributed by atoms with Gasteiger partial charge in [-0.1, -0.05) is 67.5 Å². The van der Waals surface area contributed by atoms with Crippen LogP contribution in [0.1, 0.15) is 310 Å². The summed E-state index contributed by atoms with van der Waals surface area (Å²) in [6.07, 6.45) is 53.4. The molecule has 16 aliphatic rings. The molecule has 4 heterocycles. The summed E-state index contributed by atoms with van der Waals surface area (Å²) in [5.41, 5.74) is 3.70. The number of nitrogens with zero attached hydrogens (tertiary/aromatic N) is 9. The third-order valence-corrected chi connectivity index (χ3v) is 43.2. The fourth-order valence-electron chi connectivity index (χ4n) is 36.5. The van der Waals surface area contributed by atoms with Crippen molar-refractivity contribution < 1.29 is 53.8 Å². The summed E-state index contributed by atoms with van der Waals surface area (Å²) in [7, 11) is 5.12. The Morgan fingerprint density at radius 2 is 0.690 bits per heavy atom. The molecule has 0 radical (unpaired) electrons. The number of imidazole rings is 2. The largest absolute Gasteiger partial charge is 0.390 e. The lowest BCUT2D eigenvalue weighted by Gasteiger charge is -2.62. The average Bonchev–Trinajstić information content (AvgIpc) is 1.61. The van der Waals surface area contributed by atoms with Crippen molar-refractivity contribution in [3.63, 3.8) is 0 Å². The molecule has 0 unspecified atom stereocenters. The summed E-state index contributed by atoms with van der Waals surface area (Å²) in [6.45, 7) is 31.0. The molecule has 0 spiro atoms. The van der Waals surface area contributed by atoms with Crippen LogP contribution in [0.25, 0.3) is 10.9 Å². The monoisotopic (exact) mass is 1780 g/mol. The highest BCUT2D eigenvalue weighted by Crippen LogP contribution is 2.74. The topological polar surface area (TPSA) is 261 Å². The molecule has 712 valence electrons. The van der Waals surface area contributed by atoms with Crippen LogP contribution < -0.4 is 0 Å². The van der Waals surface area contributed by atoms with E-state index in [0.717, 1.165) is 166 Å². The van der Waals surface area contributed by atoms with Gasteiger partial charge in [0.05, 0.1) is 104 Å². The molecule has 4 aromatic heterocycles. The van der Waals surface area contributed by atoms with Gasteiger partial charge in [-0.05, 0) is 408 Å². The lowest BCUT2D eigenvalue weighted by atomic mass is 9.44. The van der Waals surface area contributed by atoms with Gasteiger partial charge in [0.1, 0.15) is 6.54 Å². The van der Waals surface area contributed by atoms with Crippen LogP contribution >= 0.6 is 0 Å². The van der Waals surface area contributed by atoms with Crippen LogP contribution in [-0.4, -0.2) is 151 Å². The van der Waals surface area contributed by atoms with Crippen molar-refractivity contribution in [1.82, 2.24) is 43.9 Å². The molecule has 5 aromatic rings. The van der Waals surface area contributed by atoms with Crippen molar-refractivity contribution in [2.45, 2.75) is 363 Å². The minimum absolute atomic E-state index is 0.121. The van der Waals surface area contributed by atoms with Crippen molar-refractivity contribution in [3.05, 3.63) is 78.8 Å². The molecule has 0 bridgehead atoms. The second kappa shape index (κ2) is 35.3. The highest BCUT2D eigenvalue weighted by Gasteiger charge is 2.68. The first-order valence-electron chi connectivity index (χ1n) is 52.0. The molecule has 32 atom stereocenters. The van der Waals surface area contributed by atoms with Gasteiger partial charge in [-0.25, -0.2) is 9.97 Å². The summed E-state index contributed by atoms with van der Waals surface area (Å²) in [5.74, 6) is 13.4. The van der Waals surface area contributed by atoms with Crippen LogP contribution in [0.5, 0.6) is 0 Å². The zero-order chi connectivity index (χ0) is 91.2. The maximum Gasteiger partial charge on any atom is 0.159 e. The van der Waals surface area contributed by atoms with E-state index in [0.29, 0.717) is 138 Å².